The van der Waals surface area contributed by atoms with E-state index < -0.39 is 6.10 Å². The van der Waals surface area contributed by atoms with Gasteiger partial charge in [0.15, 0.2) is 0 Å². The number of rotatable bonds is 1. The van der Waals surface area contributed by atoms with Crippen LogP contribution >= 0.6 is 0 Å². The Kier molecular flexibility index (Phi) is 2.09. The highest BCUT2D eigenvalue weighted by molar-refractivity contribution is 5.83. The summed E-state index contributed by atoms with van der Waals surface area (Å²) < 4.78 is 0. The second-order valence-electron chi connectivity index (χ2n) is 3.26. The van der Waals surface area contributed by atoms with E-state index in [0.717, 1.165) is 0 Å². The first-order chi connectivity index (χ1) is 6.66. The number of likely N-dealkylation sites (tertiary alicyclic amines) is 1. The van der Waals surface area contributed by atoms with Gasteiger partial charge in [-0.25, -0.2) is 4.99 Å². The van der Waals surface area contributed by atoms with Gasteiger partial charge in [-0.2, -0.15) is 0 Å². The molecule has 14 heavy (non-hydrogen) atoms. The molecule has 0 aromatic heterocycles. The van der Waals surface area contributed by atoms with Crippen molar-refractivity contribution in [2.24, 2.45) is 4.99 Å². The van der Waals surface area contributed by atoms with Crippen LogP contribution in [0.25, 0.3) is 0 Å². The first-order valence-corrected chi connectivity index (χ1v) is 4.35. The SMILES string of the molecule is C=C1N=CC=C(N2CC(O)CC2=O)N1. The molecule has 0 aromatic rings. The van der Waals surface area contributed by atoms with Gasteiger partial charge in [-0.05, 0) is 6.08 Å². The van der Waals surface area contributed by atoms with Crippen molar-refractivity contribution in [3.8, 4) is 0 Å². The third-order valence-electron chi connectivity index (χ3n) is 2.13. The van der Waals surface area contributed by atoms with E-state index in [1.165, 1.54) is 4.90 Å². The Bertz CT molecular complexity index is 346. The maximum atomic E-state index is 11.4. The molecule has 0 bridgehead atoms. The predicted molar refractivity (Wildman–Crippen MR) is 51.2 cm³/mol. The van der Waals surface area contributed by atoms with Crippen LogP contribution < -0.4 is 5.32 Å². The number of β-amino-alcohol motifs (C(OH)–C–C–N with tert-alkyl or cyclic N) is 1. The van der Waals surface area contributed by atoms with E-state index in [2.05, 4.69) is 16.9 Å². The fourth-order valence-electron chi connectivity index (χ4n) is 1.50. The molecule has 1 atom stereocenters. The second kappa shape index (κ2) is 3.26. The average Bonchev–Trinajstić information content (AvgIpc) is 2.45. The number of aliphatic hydroxyl groups is 1. The third-order valence-corrected chi connectivity index (χ3v) is 2.13. The van der Waals surface area contributed by atoms with Crippen LogP contribution in [0, 0.1) is 0 Å². The van der Waals surface area contributed by atoms with Gasteiger partial charge in [0, 0.05) is 6.21 Å². The molecule has 1 unspecified atom stereocenters. The maximum absolute atomic E-state index is 11.4. The summed E-state index contributed by atoms with van der Waals surface area (Å²) in [5, 5.41) is 12.2. The van der Waals surface area contributed by atoms with Crippen LogP contribution in [0.5, 0.6) is 0 Å². The van der Waals surface area contributed by atoms with Gasteiger partial charge in [0.05, 0.1) is 19.1 Å². The zero-order valence-electron chi connectivity index (χ0n) is 7.60. The lowest BCUT2D eigenvalue weighted by molar-refractivity contribution is -0.126. The molecule has 5 heteroatoms. The fraction of sp³-hybridized carbons (Fsp3) is 0.333. The van der Waals surface area contributed by atoms with Gasteiger partial charge < -0.3 is 10.4 Å². The van der Waals surface area contributed by atoms with Crippen LogP contribution in [0.1, 0.15) is 6.42 Å². The van der Waals surface area contributed by atoms with Gasteiger partial charge in [-0.1, -0.05) is 6.58 Å². The monoisotopic (exact) mass is 193 g/mol. The predicted octanol–water partition coefficient (Wildman–Crippen LogP) is -0.434. The van der Waals surface area contributed by atoms with Crippen molar-refractivity contribution in [1.29, 1.82) is 0 Å². The number of aliphatic imine (C=N–C) groups is 1. The summed E-state index contributed by atoms with van der Waals surface area (Å²) in [5.41, 5.74) is 0. The van der Waals surface area contributed by atoms with Gasteiger partial charge in [0.1, 0.15) is 11.6 Å². The zero-order chi connectivity index (χ0) is 10.1. The van der Waals surface area contributed by atoms with Gasteiger partial charge in [-0.3, -0.25) is 9.69 Å². The first kappa shape index (κ1) is 8.96. The molecular formula is C9H11N3O2. The van der Waals surface area contributed by atoms with Crippen molar-refractivity contribution in [1.82, 2.24) is 10.2 Å². The highest BCUT2D eigenvalue weighted by Gasteiger charge is 2.30. The summed E-state index contributed by atoms with van der Waals surface area (Å²) in [6.45, 7) is 3.96. The van der Waals surface area contributed by atoms with Crippen LogP contribution in [0.3, 0.4) is 0 Å². The normalized spacial score (nSPS) is 26.5. The van der Waals surface area contributed by atoms with Crippen molar-refractivity contribution < 1.29 is 9.90 Å². The van der Waals surface area contributed by atoms with Crippen molar-refractivity contribution in [2.45, 2.75) is 12.5 Å². The number of nitrogens with one attached hydrogen (secondary N) is 1. The van der Waals surface area contributed by atoms with Crippen LogP contribution in [0.4, 0.5) is 0 Å². The Morgan fingerprint density at radius 3 is 3.07 bits per heavy atom. The summed E-state index contributed by atoms with van der Waals surface area (Å²) in [6, 6.07) is 0. The van der Waals surface area contributed by atoms with Crippen LogP contribution in [-0.4, -0.2) is 34.8 Å². The van der Waals surface area contributed by atoms with Gasteiger partial charge in [0.2, 0.25) is 5.91 Å². The Morgan fingerprint density at radius 1 is 1.71 bits per heavy atom. The molecule has 2 N–H and O–H groups in total. The number of nitrogens with zero attached hydrogens (tertiary/aromatic N) is 2. The van der Waals surface area contributed by atoms with E-state index >= 15 is 0 Å². The summed E-state index contributed by atoms with van der Waals surface area (Å²) in [7, 11) is 0. The molecule has 0 aromatic carbocycles. The third kappa shape index (κ3) is 1.54. The minimum Gasteiger partial charge on any atom is -0.391 e. The molecule has 74 valence electrons. The van der Waals surface area contributed by atoms with Crippen molar-refractivity contribution in [3.05, 3.63) is 24.3 Å². The molecule has 2 aliphatic heterocycles. The van der Waals surface area contributed by atoms with Crippen LogP contribution in [0.2, 0.25) is 0 Å². The minimum atomic E-state index is -0.572. The van der Waals surface area contributed by atoms with Crippen molar-refractivity contribution >= 4 is 12.1 Å². The number of allylic oxidation sites excluding steroid dienone is 1. The highest BCUT2D eigenvalue weighted by atomic mass is 16.3. The lowest BCUT2D eigenvalue weighted by Gasteiger charge is -2.22. The van der Waals surface area contributed by atoms with E-state index in [0.29, 0.717) is 18.2 Å². The average molecular weight is 193 g/mol. The Hall–Kier alpha value is -1.62. The number of aliphatic hydroxyl groups excluding tert-OH is 1. The smallest absolute Gasteiger partial charge is 0.230 e. The molecule has 1 amide bonds. The number of carbonyl (C=O) groups is 1. The van der Waals surface area contributed by atoms with E-state index in [9.17, 15) is 9.90 Å². The Morgan fingerprint density at radius 2 is 2.50 bits per heavy atom. The Balaban J connectivity index is 2.16. The lowest BCUT2D eigenvalue weighted by atomic mass is 10.3. The van der Waals surface area contributed by atoms with Gasteiger partial charge in [0.25, 0.3) is 0 Å². The number of hydrogen-bond acceptors (Lipinski definition) is 4. The maximum Gasteiger partial charge on any atom is 0.230 e. The summed E-state index contributed by atoms with van der Waals surface area (Å²) in [5.74, 6) is 1.04. The van der Waals surface area contributed by atoms with E-state index in [-0.39, 0.29) is 12.3 Å². The fourth-order valence-corrected chi connectivity index (χ4v) is 1.50. The molecule has 5 nitrogen and oxygen atoms in total. The molecule has 0 saturated carbocycles. The van der Waals surface area contributed by atoms with Gasteiger partial charge in [-0.15, -0.1) is 0 Å². The molecular weight excluding hydrogens is 182 g/mol. The molecule has 2 rings (SSSR count). The highest BCUT2D eigenvalue weighted by Crippen LogP contribution is 2.17. The molecule has 1 fully saturated rings. The summed E-state index contributed by atoms with van der Waals surface area (Å²) in [4.78, 5) is 16.8. The minimum absolute atomic E-state index is 0.0839. The molecule has 0 radical (unpaired) electrons. The Labute approximate surface area is 81.4 Å². The molecule has 2 heterocycles. The standard InChI is InChI=1S/C9H11N3O2/c1-6-10-3-2-8(11-6)12-5-7(13)4-9(12)14/h2-3,7,11,13H,1,4-5H2. The molecule has 2 aliphatic rings. The van der Waals surface area contributed by atoms with Crippen molar-refractivity contribution in [2.75, 3.05) is 6.54 Å². The molecule has 0 aliphatic carbocycles. The number of hydrogen-bond donors (Lipinski definition) is 2. The largest absolute Gasteiger partial charge is 0.391 e. The molecule has 1 saturated heterocycles. The van der Waals surface area contributed by atoms with E-state index in [1.54, 1.807) is 12.3 Å². The van der Waals surface area contributed by atoms with Crippen molar-refractivity contribution in [3.63, 3.8) is 0 Å². The topological polar surface area (TPSA) is 64.9 Å². The quantitative estimate of drug-likeness (QED) is 0.593. The number of amides is 1. The second-order valence-corrected chi connectivity index (χ2v) is 3.26. The van der Waals surface area contributed by atoms with E-state index in [4.69, 9.17) is 0 Å². The lowest BCUT2D eigenvalue weighted by Crippen LogP contribution is -2.34. The van der Waals surface area contributed by atoms with Crippen LogP contribution in [0.15, 0.2) is 29.3 Å². The first-order valence-electron chi connectivity index (χ1n) is 4.35. The van der Waals surface area contributed by atoms with Gasteiger partial charge >= 0.3 is 0 Å². The zero-order valence-corrected chi connectivity index (χ0v) is 7.60. The van der Waals surface area contributed by atoms with E-state index in [1.807, 2.05) is 0 Å². The summed E-state index contributed by atoms with van der Waals surface area (Å²) in [6.07, 6.45) is 2.87. The number of carbonyl (C=O) groups excluding carboxylic acids is 1. The summed E-state index contributed by atoms with van der Waals surface area (Å²) >= 11 is 0. The van der Waals surface area contributed by atoms with Crippen LogP contribution in [-0.2, 0) is 4.79 Å². The molecule has 0 spiro atoms.